The Kier molecular flexibility index (Phi) is 2.90. The molecule has 5 aromatic carbocycles. The molecule has 3 heteroatoms. The molecule has 3 heterocycles. The van der Waals surface area contributed by atoms with E-state index in [2.05, 4.69) is 114 Å². The molecule has 0 saturated heterocycles. The molecule has 1 aliphatic rings. The van der Waals surface area contributed by atoms with Gasteiger partial charge in [0.05, 0.1) is 27.6 Å². The molecule has 0 spiro atoms. The van der Waals surface area contributed by atoms with Crippen molar-refractivity contribution in [3.8, 4) is 11.1 Å². The van der Waals surface area contributed by atoms with E-state index in [0.717, 1.165) is 16.8 Å². The second-order valence-corrected chi connectivity index (χ2v) is 10.5. The summed E-state index contributed by atoms with van der Waals surface area (Å²) in [6.07, 6.45) is 0. The standard InChI is InChI=1S/C32H21N3/c1-32(2)24-12-6-5-10-20(24)22-17-28-23(16-25(22)32)21-11-7-13-27-30(21)35(28)31-33-26-14-18-8-3-4-9-19(18)15-29(26)34(27)31/h3-17H,1-2H3. The van der Waals surface area contributed by atoms with E-state index in [1.54, 1.807) is 0 Å². The van der Waals surface area contributed by atoms with E-state index in [1.165, 1.54) is 60.3 Å². The second-order valence-electron chi connectivity index (χ2n) is 10.5. The molecule has 0 aliphatic heterocycles. The zero-order valence-corrected chi connectivity index (χ0v) is 19.5. The zero-order valence-electron chi connectivity index (χ0n) is 19.5. The van der Waals surface area contributed by atoms with Crippen LogP contribution in [-0.4, -0.2) is 13.8 Å². The lowest BCUT2D eigenvalue weighted by Crippen LogP contribution is -2.14. The van der Waals surface area contributed by atoms with E-state index in [0.29, 0.717) is 0 Å². The van der Waals surface area contributed by atoms with E-state index >= 15 is 0 Å². The molecule has 0 amide bonds. The van der Waals surface area contributed by atoms with Gasteiger partial charge in [0.15, 0.2) is 0 Å². The predicted octanol–water partition coefficient (Wildman–Crippen LogP) is 7.94. The van der Waals surface area contributed by atoms with Gasteiger partial charge in [-0.2, -0.15) is 0 Å². The fraction of sp³-hybridized carbons (Fsp3) is 0.0938. The maximum Gasteiger partial charge on any atom is 0.220 e. The van der Waals surface area contributed by atoms with Crippen molar-refractivity contribution in [3.63, 3.8) is 0 Å². The third kappa shape index (κ3) is 1.95. The molecular formula is C32H21N3. The van der Waals surface area contributed by atoms with Crippen LogP contribution in [0.25, 0.3) is 66.0 Å². The summed E-state index contributed by atoms with van der Waals surface area (Å²) >= 11 is 0. The molecular weight excluding hydrogens is 426 g/mol. The number of benzene rings is 5. The van der Waals surface area contributed by atoms with Crippen molar-refractivity contribution in [2.75, 3.05) is 0 Å². The highest BCUT2D eigenvalue weighted by molar-refractivity contribution is 6.17. The molecule has 8 aromatic rings. The minimum atomic E-state index is -0.0104. The van der Waals surface area contributed by atoms with Gasteiger partial charge in [-0.1, -0.05) is 74.5 Å². The molecule has 164 valence electrons. The van der Waals surface area contributed by atoms with E-state index < -0.39 is 0 Å². The quantitative estimate of drug-likeness (QED) is 0.231. The highest BCUT2D eigenvalue weighted by Crippen LogP contribution is 2.51. The fourth-order valence-corrected chi connectivity index (χ4v) is 6.77. The lowest BCUT2D eigenvalue weighted by Gasteiger charge is -2.21. The van der Waals surface area contributed by atoms with Crippen LogP contribution in [0.1, 0.15) is 25.0 Å². The number of rotatable bonds is 0. The third-order valence-electron chi connectivity index (χ3n) is 8.41. The van der Waals surface area contributed by atoms with Gasteiger partial charge < -0.3 is 0 Å². The van der Waals surface area contributed by atoms with Crippen LogP contribution in [0, 0.1) is 0 Å². The van der Waals surface area contributed by atoms with Crippen molar-refractivity contribution in [2.45, 2.75) is 19.3 Å². The Bertz CT molecular complexity index is 2190. The minimum Gasteiger partial charge on any atom is -0.277 e. The van der Waals surface area contributed by atoms with Crippen molar-refractivity contribution >= 4 is 54.9 Å². The van der Waals surface area contributed by atoms with Crippen molar-refractivity contribution < 1.29 is 0 Å². The fourth-order valence-electron chi connectivity index (χ4n) is 6.77. The normalized spacial score (nSPS) is 14.8. The van der Waals surface area contributed by atoms with Gasteiger partial charge in [0.1, 0.15) is 0 Å². The lowest BCUT2D eigenvalue weighted by atomic mass is 9.82. The summed E-state index contributed by atoms with van der Waals surface area (Å²) in [5.74, 6) is 0.988. The summed E-state index contributed by atoms with van der Waals surface area (Å²) in [5.41, 5.74) is 11.4. The van der Waals surface area contributed by atoms with Crippen LogP contribution in [0.4, 0.5) is 0 Å². The first-order chi connectivity index (χ1) is 17.1. The Morgan fingerprint density at radius 2 is 1.40 bits per heavy atom. The highest BCUT2D eigenvalue weighted by Gasteiger charge is 2.36. The van der Waals surface area contributed by atoms with Crippen LogP contribution >= 0.6 is 0 Å². The maximum absolute atomic E-state index is 5.20. The number of nitrogens with zero attached hydrogens (tertiary/aromatic N) is 3. The van der Waals surface area contributed by atoms with Gasteiger partial charge in [0.2, 0.25) is 5.78 Å². The monoisotopic (exact) mass is 447 g/mol. The van der Waals surface area contributed by atoms with E-state index in [1.807, 2.05) is 0 Å². The Balaban J connectivity index is 1.51. The van der Waals surface area contributed by atoms with Crippen LogP contribution in [0.3, 0.4) is 0 Å². The Labute approximate surface area is 201 Å². The number of hydrogen-bond donors (Lipinski definition) is 0. The SMILES string of the molecule is CC1(C)c2ccccc2-c2cc3c(cc21)c1cccc2c1n3c1nc3cc4ccccc4cc3n21. The van der Waals surface area contributed by atoms with Crippen LogP contribution in [-0.2, 0) is 5.41 Å². The summed E-state index contributed by atoms with van der Waals surface area (Å²) in [6, 6.07) is 33.5. The Morgan fingerprint density at radius 1 is 0.600 bits per heavy atom. The first kappa shape index (κ1) is 18.0. The first-order valence-electron chi connectivity index (χ1n) is 12.2. The summed E-state index contributed by atoms with van der Waals surface area (Å²) in [6.45, 7) is 4.70. The molecule has 0 saturated carbocycles. The van der Waals surface area contributed by atoms with Crippen molar-refractivity contribution in [3.05, 3.63) is 102 Å². The molecule has 0 unspecified atom stereocenters. The topological polar surface area (TPSA) is 21.7 Å². The first-order valence-corrected chi connectivity index (χ1v) is 12.2. The number of fused-ring (bicyclic) bond motifs is 12. The Morgan fingerprint density at radius 3 is 2.29 bits per heavy atom. The summed E-state index contributed by atoms with van der Waals surface area (Å²) < 4.78 is 4.73. The van der Waals surface area contributed by atoms with Crippen molar-refractivity contribution in [1.82, 2.24) is 13.8 Å². The molecule has 0 N–H and O–H groups in total. The van der Waals surface area contributed by atoms with E-state index in [9.17, 15) is 0 Å². The number of aromatic nitrogens is 3. The Hall–Kier alpha value is -4.37. The van der Waals surface area contributed by atoms with Gasteiger partial charge in [-0.3, -0.25) is 8.80 Å². The largest absolute Gasteiger partial charge is 0.277 e. The third-order valence-corrected chi connectivity index (χ3v) is 8.41. The lowest BCUT2D eigenvalue weighted by molar-refractivity contribution is 0.661. The van der Waals surface area contributed by atoms with Gasteiger partial charge in [-0.05, 0) is 63.4 Å². The molecule has 35 heavy (non-hydrogen) atoms. The summed E-state index contributed by atoms with van der Waals surface area (Å²) in [7, 11) is 0. The van der Waals surface area contributed by atoms with Gasteiger partial charge >= 0.3 is 0 Å². The van der Waals surface area contributed by atoms with Crippen LogP contribution < -0.4 is 0 Å². The molecule has 0 bridgehead atoms. The molecule has 1 aliphatic carbocycles. The average molecular weight is 448 g/mol. The number of imidazole rings is 2. The van der Waals surface area contributed by atoms with E-state index in [-0.39, 0.29) is 5.41 Å². The van der Waals surface area contributed by atoms with Gasteiger partial charge in [0.25, 0.3) is 0 Å². The van der Waals surface area contributed by atoms with Crippen LogP contribution in [0.15, 0.2) is 91.0 Å². The van der Waals surface area contributed by atoms with E-state index in [4.69, 9.17) is 4.98 Å². The molecule has 9 rings (SSSR count). The average Bonchev–Trinajstić information content (AvgIpc) is 3.56. The maximum atomic E-state index is 5.20. The molecule has 0 atom stereocenters. The minimum absolute atomic E-state index is 0.0104. The van der Waals surface area contributed by atoms with Crippen molar-refractivity contribution in [2.24, 2.45) is 0 Å². The van der Waals surface area contributed by atoms with Crippen molar-refractivity contribution in [1.29, 1.82) is 0 Å². The summed E-state index contributed by atoms with van der Waals surface area (Å²) in [4.78, 5) is 5.20. The molecule has 3 aromatic heterocycles. The molecule has 3 nitrogen and oxygen atoms in total. The summed E-state index contributed by atoms with van der Waals surface area (Å²) in [5, 5.41) is 5.08. The van der Waals surface area contributed by atoms with Crippen LogP contribution in [0.5, 0.6) is 0 Å². The van der Waals surface area contributed by atoms with Crippen LogP contribution in [0.2, 0.25) is 0 Å². The predicted molar refractivity (Wildman–Crippen MR) is 145 cm³/mol. The number of para-hydroxylation sites is 1. The smallest absolute Gasteiger partial charge is 0.220 e. The molecule has 0 fully saturated rings. The zero-order chi connectivity index (χ0) is 23.1. The highest BCUT2D eigenvalue weighted by atomic mass is 15.2. The van der Waals surface area contributed by atoms with Gasteiger partial charge in [-0.15, -0.1) is 0 Å². The second kappa shape index (κ2) is 5.64. The number of hydrogen-bond acceptors (Lipinski definition) is 1. The van der Waals surface area contributed by atoms with Gasteiger partial charge in [-0.25, -0.2) is 4.98 Å². The van der Waals surface area contributed by atoms with Gasteiger partial charge in [0, 0.05) is 16.2 Å². The molecule has 0 radical (unpaired) electrons.